The Labute approximate surface area is 162 Å². The minimum atomic E-state index is 0.107. The zero-order chi connectivity index (χ0) is 19.2. The van der Waals surface area contributed by atoms with Crippen LogP contribution in [0.25, 0.3) is 0 Å². The van der Waals surface area contributed by atoms with Gasteiger partial charge in [-0.3, -0.25) is 9.69 Å². The second-order valence-corrected chi connectivity index (χ2v) is 7.89. The van der Waals surface area contributed by atoms with E-state index in [-0.39, 0.29) is 30.6 Å². The highest BCUT2D eigenvalue weighted by Crippen LogP contribution is 2.26. The summed E-state index contributed by atoms with van der Waals surface area (Å²) in [6, 6.07) is 9.56. The van der Waals surface area contributed by atoms with Gasteiger partial charge in [-0.05, 0) is 31.9 Å². The number of rotatable bonds is 7. The van der Waals surface area contributed by atoms with Crippen molar-refractivity contribution >= 4 is 5.91 Å². The molecule has 6 nitrogen and oxygen atoms in total. The van der Waals surface area contributed by atoms with E-state index in [1.54, 1.807) is 0 Å². The average Bonchev–Trinajstić information content (AvgIpc) is 3.04. The first kappa shape index (κ1) is 20.1. The minimum Gasteiger partial charge on any atom is -0.493 e. The molecule has 6 heteroatoms. The molecule has 27 heavy (non-hydrogen) atoms. The van der Waals surface area contributed by atoms with Crippen molar-refractivity contribution in [2.24, 2.45) is 11.8 Å². The molecule has 0 unspecified atom stereocenters. The zero-order valence-corrected chi connectivity index (χ0v) is 16.4. The highest BCUT2D eigenvalue weighted by molar-refractivity contribution is 5.76. The number of carbonyl (C=O) groups excluding carboxylic acids is 1. The first-order valence-corrected chi connectivity index (χ1v) is 9.99. The second-order valence-electron chi connectivity index (χ2n) is 7.89. The van der Waals surface area contributed by atoms with Gasteiger partial charge in [-0.1, -0.05) is 18.2 Å². The van der Waals surface area contributed by atoms with Crippen LogP contribution in [0.3, 0.4) is 0 Å². The lowest BCUT2D eigenvalue weighted by Crippen LogP contribution is -2.48. The number of nitrogens with zero attached hydrogens (tertiary/aromatic N) is 2. The van der Waals surface area contributed by atoms with Crippen LogP contribution < -0.4 is 4.74 Å². The molecule has 2 aliphatic rings. The Kier molecular flexibility index (Phi) is 7.10. The Bertz CT molecular complexity index is 587. The summed E-state index contributed by atoms with van der Waals surface area (Å²) < 4.78 is 11.4. The lowest BCUT2D eigenvalue weighted by molar-refractivity contribution is -0.131. The molecule has 0 aliphatic carbocycles. The Morgan fingerprint density at radius 3 is 2.44 bits per heavy atom. The lowest BCUT2D eigenvalue weighted by atomic mass is 9.96. The van der Waals surface area contributed by atoms with E-state index >= 15 is 0 Å². The average molecular weight is 376 g/mol. The Morgan fingerprint density at radius 2 is 1.78 bits per heavy atom. The van der Waals surface area contributed by atoms with Gasteiger partial charge in [0.15, 0.2) is 0 Å². The standard InChI is InChI=1S/C21H32N2O4/c1-16-10-22(11-17(2)27-16)12-18-13-23(14-19(18)15-24)21(25)8-9-26-20-6-4-3-5-7-20/h3-7,16-19,24H,8-15H2,1-2H3/t16-,17+,18-,19-/m1/s1. The summed E-state index contributed by atoms with van der Waals surface area (Å²) in [5.74, 6) is 1.35. The van der Waals surface area contributed by atoms with Crippen molar-refractivity contribution in [1.82, 2.24) is 9.80 Å². The molecule has 0 aromatic heterocycles. The summed E-state index contributed by atoms with van der Waals surface area (Å²) in [7, 11) is 0. The fourth-order valence-corrected chi connectivity index (χ4v) is 4.25. The van der Waals surface area contributed by atoms with E-state index in [1.807, 2.05) is 35.2 Å². The number of hydrogen-bond donors (Lipinski definition) is 1. The SMILES string of the molecule is C[C@@H]1CN(C[C@@H]2CN(C(=O)CCOc3ccccc3)C[C@@H]2CO)C[C@H](C)O1. The molecule has 3 rings (SSSR count). The van der Waals surface area contributed by atoms with Crippen molar-refractivity contribution in [3.05, 3.63) is 30.3 Å². The van der Waals surface area contributed by atoms with Crippen molar-refractivity contribution in [3.8, 4) is 5.75 Å². The summed E-state index contributed by atoms with van der Waals surface area (Å²) in [4.78, 5) is 16.9. The van der Waals surface area contributed by atoms with Crippen LogP contribution in [0.2, 0.25) is 0 Å². The molecule has 1 aromatic rings. The van der Waals surface area contributed by atoms with Crippen molar-refractivity contribution in [3.63, 3.8) is 0 Å². The molecule has 2 heterocycles. The zero-order valence-electron chi connectivity index (χ0n) is 16.4. The molecule has 0 saturated carbocycles. The van der Waals surface area contributed by atoms with E-state index in [4.69, 9.17) is 9.47 Å². The Morgan fingerprint density at radius 1 is 1.11 bits per heavy atom. The molecule has 150 valence electrons. The lowest BCUT2D eigenvalue weighted by Gasteiger charge is -2.37. The summed E-state index contributed by atoms with van der Waals surface area (Å²) in [5, 5.41) is 9.79. The van der Waals surface area contributed by atoms with Gasteiger partial charge in [0.05, 0.1) is 25.2 Å². The van der Waals surface area contributed by atoms with Crippen LogP contribution in [0.1, 0.15) is 20.3 Å². The molecule has 0 bridgehead atoms. The maximum absolute atomic E-state index is 12.6. The normalized spacial score (nSPS) is 29.1. The highest BCUT2D eigenvalue weighted by atomic mass is 16.5. The predicted molar refractivity (Wildman–Crippen MR) is 104 cm³/mol. The maximum Gasteiger partial charge on any atom is 0.226 e. The van der Waals surface area contributed by atoms with Crippen LogP contribution in [0, 0.1) is 11.8 Å². The van der Waals surface area contributed by atoms with Gasteiger partial charge in [0.1, 0.15) is 5.75 Å². The molecular formula is C21H32N2O4. The van der Waals surface area contributed by atoms with Gasteiger partial charge in [-0.2, -0.15) is 0 Å². The Balaban J connectivity index is 1.47. The summed E-state index contributed by atoms with van der Waals surface area (Å²) in [5.41, 5.74) is 0. The molecule has 1 N–H and O–H groups in total. The number of aliphatic hydroxyl groups is 1. The number of aliphatic hydroxyl groups excluding tert-OH is 1. The molecule has 2 fully saturated rings. The molecule has 2 saturated heterocycles. The van der Waals surface area contributed by atoms with Gasteiger partial charge in [0.25, 0.3) is 0 Å². The molecule has 1 amide bonds. The number of benzene rings is 1. The van der Waals surface area contributed by atoms with Crippen LogP contribution in [0.15, 0.2) is 30.3 Å². The molecular weight excluding hydrogens is 344 g/mol. The first-order valence-electron chi connectivity index (χ1n) is 9.99. The van der Waals surface area contributed by atoms with Gasteiger partial charge in [0.2, 0.25) is 5.91 Å². The van der Waals surface area contributed by atoms with E-state index < -0.39 is 0 Å². The molecule has 1 aromatic carbocycles. The van der Waals surface area contributed by atoms with Crippen LogP contribution in [0.5, 0.6) is 5.75 Å². The number of amides is 1. The van der Waals surface area contributed by atoms with E-state index in [9.17, 15) is 9.90 Å². The van der Waals surface area contributed by atoms with Crippen LogP contribution in [-0.2, 0) is 9.53 Å². The van der Waals surface area contributed by atoms with Gasteiger partial charge < -0.3 is 19.5 Å². The van der Waals surface area contributed by atoms with E-state index in [1.165, 1.54) is 0 Å². The fraction of sp³-hybridized carbons (Fsp3) is 0.667. The monoisotopic (exact) mass is 376 g/mol. The van der Waals surface area contributed by atoms with Crippen molar-refractivity contribution < 1.29 is 19.4 Å². The third kappa shape index (κ3) is 5.67. The molecule has 0 radical (unpaired) electrons. The molecule has 4 atom stereocenters. The van der Waals surface area contributed by atoms with Crippen LogP contribution in [0.4, 0.5) is 0 Å². The topological polar surface area (TPSA) is 62.2 Å². The first-order chi connectivity index (χ1) is 13.0. The van der Waals surface area contributed by atoms with E-state index in [0.717, 1.165) is 31.9 Å². The summed E-state index contributed by atoms with van der Waals surface area (Å²) in [6.45, 7) is 8.81. The molecule has 2 aliphatic heterocycles. The van der Waals surface area contributed by atoms with E-state index in [2.05, 4.69) is 18.7 Å². The second kappa shape index (κ2) is 9.53. The number of likely N-dealkylation sites (tertiary alicyclic amines) is 1. The summed E-state index contributed by atoms with van der Waals surface area (Å²) >= 11 is 0. The number of carbonyl (C=O) groups is 1. The number of morpholine rings is 1. The van der Waals surface area contributed by atoms with Crippen LogP contribution in [-0.4, -0.2) is 79.0 Å². The van der Waals surface area contributed by atoms with Crippen molar-refractivity contribution in [1.29, 1.82) is 0 Å². The van der Waals surface area contributed by atoms with Crippen molar-refractivity contribution in [2.45, 2.75) is 32.5 Å². The largest absolute Gasteiger partial charge is 0.493 e. The number of para-hydroxylation sites is 1. The van der Waals surface area contributed by atoms with Gasteiger partial charge >= 0.3 is 0 Å². The third-order valence-corrected chi connectivity index (χ3v) is 5.48. The molecule has 0 spiro atoms. The fourth-order valence-electron chi connectivity index (χ4n) is 4.25. The number of hydrogen-bond acceptors (Lipinski definition) is 5. The van der Waals surface area contributed by atoms with Gasteiger partial charge in [-0.25, -0.2) is 0 Å². The minimum absolute atomic E-state index is 0.107. The van der Waals surface area contributed by atoms with Crippen LogP contribution >= 0.6 is 0 Å². The highest BCUT2D eigenvalue weighted by Gasteiger charge is 2.36. The summed E-state index contributed by atoms with van der Waals surface area (Å²) in [6.07, 6.45) is 0.831. The smallest absolute Gasteiger partial charge is 0.226 e. The van der Waals surface area contributed by atoms with Gasteiger partial charge in [0, 0.05) is 45.2 Å². The third-order valence-electron chi connectivity index (χ3n) is 5.48. The van der Waals surface area contributed by atoms with Crippen molar-refractivity contribution in [2.75, 3.05) is 45.9 Å². The maximum atomic E-state index is 12.6. The predicted octanol–water partition coefficient (Wildman–Crippen LogP) is 1.63. The van der Waals surface area contributed by atoms with E-state index in [0.29, 0.717) is 25.5 Å². The quantitative estimate of drug-likeness (QED) is 0.784. The number of ether oxygens (including phenoxy) is 2. The van der Waals surface area contributed by atoms with Gasteiger partial charge in [-0.15, -0.1) is 0 Å². The Hall–Kier alpha value is -1.63.